The molecule has 1 fully saturated rings. The fourth-order valence-electron chi connectivity index (χ4n) is 2.10. The second-order valence-corrected chi connectivity index (χ2v) is 5.11. The molecule has 108 valence electrons. The lowest BCUT2D eigenvalue weighted by Crippen LogP contribution is -2.50. The van der Waals surface area contributed by atoms with Crippen molar-refractivity contribution in [1.82, 2.24) is 0 Å². The molecule has 1 aromatic carbocycles. The van der Waals surface area contributed by atoms with Gasteiger partial charge in [0.05, 0.1) is 25.2 Å². The van der Waals surface area contributed by atoms with E-state index in [9.17, 15) is 14.9 Å². The lowest BCUT2D eigenvalue weighted by molar-refractivity contribution is -0.384. The Balaban J connectivity index is 2.44. The van der Waals surface area contributed by atoms with Crippen LogP contribution in [0.2, 0.25) is 0 Å². The topological polar surface area (TPSA) is 81.9 Å². The molecule has 0 aromatic heterocycles. The zero-order valence-electron chi connectivity index (χ0n) is 10.7. The number of nitrogens with zero attached hydrogens (tertiary/aromatic N) is 2. The SMILES string of the molecule is COC(=O)C1COCCN1c1cc(Br)ccc1[N+](=O)[O-]. The van der Waals surface area contributed by atoms with Gasteiger partial charge in [0, 0.05) is 17.1 Å². The van der Waals surface area contributed by atoms with Gasteiger partial charge in [-0.3, -0.25) is 10.1 Å². The van der Waals surface area contributed by atoms with E-state index in [1.807, 2.05) is 0 Å². The molecule has 0 saturated carbocycles. The summed E-state index contributed by atoms with van der Waals surface area (Å²) in [6.45, 7) is 0.935. The van der Waals surface area contributed by atoms with Crippen molar-refractivity contribution in [2.45, 2.75) is 6.04 Å². The van der Waals surface area contributed by atoms with Gasteiger partial charge >= 0.3 is 5.97 Å². The predicted molar refractivity (Wildman–Crippen MR) is 74.8 cm³/mol. The molecule has 0 aliphatic carbocycles. The van der Waals surface area contributed by atoms with E-state index in [1.54, 1.807) is 17.0 Å². The lowest BCUT2D eigenvalue weighted by atomic mass is 10.1. The van der Waals surface area contributed by atoms with E-state index < -0.39 is 16.9 Å². The molecule has 7 nitrogen and oxygen atoms in total. The third-order valence-electron chi connectivity index (χ3n) is 3.05. The highest BCUT2D eigenvalue weighted by molar-refractivity contribution is 9.10. The maximum Gasteiger partial charge on any atom is 0.330 e. The van der Waals surface area contributed by atoms with Gasteiger partial charge in [-0.1, -0.05) is 15.9 Å². The molecule has 8 heteroatoms. The number of carbonyl (C=O) groups excluding carboxylic acids is 1. The molecule has 0 bridgehead atoms. The van der Waals surface area contributed by atoms with Crippen molar-refractivity contribution >= 4 is 33.3 Å². The van der Waals surface area contributed by atoms with Crippen LogP contribution in [0.3, 0.4) is 0 Å². The van der Waals surface area contributed by atoms with Gasteiger partial charge in [0.2, 0.25) is 0 Å². The first kappa shape index (κ1) is 14.7. The summed E-state index contributed by atoms with van der Waals surface area (Å²) in [5.74, 6) is -0.473. The number of anilines is 1. The molecule has 0 amide bonds. The standard InChI is InChI=1S/C12H13BrN2O5/c1-19-12(16)11-7-20-5-4-14(11)10-6-8(13)2-3-9(10)15(17)18/h2-3,6,11H,4-5,7H2,1H3. The number of methoxy groups -OCH3 is 1. The summed E-state index contributed by atoms with van der Waals surface area (Å²) in [5.41, 5.74) is 0.326. The van der Waals surface area contributed by atoms with Crippen LogP contribution in [0, 0.1) is 10.1 Å². The Morgan fingerprint density at radius 1 is 1.60 bits per heavy atom. The molecule has 1 saturated heterocycles. The van der Waals surface area contributed by atoms with Crippen LogP contribution in [0.4, 0.5) is 11.4 Å². The predicted octanol–water partition coefficient (Wildman–Crippen LogP) is 1.74. The molecular formula is C12H13BrN2O5. The third kappa shape index (κ3) is 2.91. The fourth-order valence-corrected chi connectivity index (χ4v) is 2.45. The monoisotopic (exact) mass is 344 g/mol. The minimum atomic E-state index is -0.679. The van der Waals surface area contributed by atoms with Crippen LogP contribution in [0.15, 0.2) is 22.7 Å². The summed E-state index contributed by atoms with van der Waals surface area (Å²) in [6, 6.07) is 3.94. The second kappa shape index (κ2) is 6.19. The number of esters is 1. The maximum absolute atomic E-state index is 11.8. The van der Waals surface area contributed by atoms with Crippen molar-refractivity contribution in [2.24, 2.45) is 0 Å². The molecule has 20 heavy (non-hydrogen) atoms. The van der Waals surface area contributed by atoms with Gasteiger partial charge < -0.3 is 14.4 Å². The Labute approximate surface area is 123 Å². The van der Waals surface area contributed by atoms with Crippen molar-refractivity contribution in [1.29, 1.82) is 0 Å². The minimum absolute atomic E-state index is 0.0518. The molecule has 0 spiro atoms. The Kier molecular flexibility index (Phi) is 4.56. The quantitative estimate of drug-likeness (QED) is 0.472. The number of morpholine rings is 1. The normalized spacial score (nSPS) is 18.7. The molecule has 1 aliphatic rings. The van der Waals surface area contributed by atoms with E-state index in [1.165, 1.54) is 13.2 Å². The fraction of sp³-hybridized carbons (Fsp3) is 0.417. The van der Waals surface area contributed by atoms with Crippen molar-refractivity contribution in [3.8, 4) is 0 Å². The van der Waals surface area contributed by atoms with Crippen LogP contribution in [0.5, 0.6) is 0 Å². The van der Waals surface area contributed by atoms with Crippen LogP contribution in [-0.4, -0.2) is 43.8 Å². The number of benzene rings is 1. The number of ether oxygens (including phenoxy) is 2. The molecule has 1 atom stereocenters. The Morgan fingerprint density at radius 2 is 2.35 bits per heavy atom. The molecule has 2 rings (SSSR count). The Hall–Kier alpha value is -1.67. The van der Waals surface area contributed by atoms with Gasteiger partial charge in [-0.15, -0.1) is 0 Å². The number of carbonyl (C=O) groups is 1. The number of rotatable bonds is 3. The van der Waals surface area contributed by atoms with Gasteiger partial charge in [0.25, 0.3) is 5.69 Å². The van der Waals surface area contributed by atoms with Gasteiger partial charge in [-0.05, 0) is 12.1 Å². The molecule has 1 unspecified atom stereocenters. The van der Waals surface area contributed by atoms with Crippen LogP contribution < -0.4 is 4.90 Å². The summed E-state index contributed by atoms with van der Waals surface area (Å²) >= 11 is 3.29. The van der Waals surface area contributed by atoms with Gasteiger partial charge in [0.1, 0.15) is 5.69 Å². The average Bonchev–Trinajstić information content (AvgIpc) is 2.46. The van der Waals surface area contributed by atoms with E-state index in [0.717, 1.165) is 0 Å². The maximum atomic E-state index is 11.8. The van der Waals surface area contributed by atoms with Crippen molar-refractivity contribution < 1.29 is 19.2 Å². The number of halogens is 1. The number of nitro benzene ring substituents is 1. The van der Waals surface area contributed by atoms with Crippen molar-refractivity contribution in [2.75, 3.05) is 31.8 Å². The molecular weight excluding hydrogens is 332 g/mol. The number of nitro groups is 1. The summed E-state index contributed by atoms with van der Waals surface area (Å²) < 4.78 is 10.7. The lowest BCUT2D eigenvalue weighted by Gasteiger charge is -2.35. The van der Waals surface area contributed by atoms with E-state index in [2.05, 4.69) is 15.9 Å². The highest BCUT2D eigenvalue weighted by Gasteiger charge is 2.34. The first-order chi connectivity index (χ1) is 9.54. The largest absolute Gasteiger partial charge is 0.467 e. The van der Waals surface area contributed by atoms with E-state index >= 15 is 0 Å². The summed E-state index contributed by atoms with van der Waals surface area (Å²) in [4.78, 5) is 24.1. The third-order valence-corrected chi connectivity index (χ3v) is 3.54. The summed E-state index contributed by atoms with van der Waals surface area (Å²) in [5, 5.41) is 11.1. The first-order valence-corrected chi connectivity index (χ1v) is 6.70. The number of hydrogen-bond donors (Lipinski definition) is 0. The number of hydrogen-bond acceptors (Lipinski definition) is 6. The zero-order chi connectivity index (χ0) is 14.7. The van der Waals surface area contributed by atoms with E-state index in [0.29, 0.717) is 23.3 Å². The summed E-state index contributed by atoms with van der Waals surface area (Å²) in [6.07, 6.45) is 0. The van der Waals surface area contributed by atoms with Crippen LogP contribution in [0.25, 0.3) is 0 Å². The average molecular weight is 345 g/mol. The van der Waals surface area contributed by atoms with Crippen molar-refractivity contribution in [3.63, 3.8) is 0 Å². The molecule has 0 N–H and O–H groups in total. The molecule has 1 aromatic rings. The van der Waals surface area contributed by atoms with Crippen LogP contribution in [0.1, 0.15) is 0 Å². The van der Waals surface area contributed by atoms with E-state index in [-0.39, 0.29) is 12.3 Å². The van der Waals surface area contributed by atoms with Gasteiger partial charge in [-0.2, -0.15) is 0 Å². The Bertz CT molecular complexity index is 537. The smallest absolute Gasteiger partial charge is 0.330 e. The molecule has 1 aliphatic heterocycles. The zero-order valence-corrected chi connectivity index (χ0v) is 12.3. The summed E-state index contributed by atoms with van der Waals surface area (Å²) in [7, 11) is 1.28. The van der Waals surface area contributed by atoms with Crippen LogP contribution in [-0.2, 0) is 14.3 Å². The van der Waals surface area contributed by atoms with Crippen molar-refractivity contribution in [3.05, 3.63) is 32.8 Å². The van der Waals surface area contributed by atoms with E-state index in [4.69, 9.17) is 9.47 Å². The second-order valence-electron chi connectivity index (χ2n) is 4.20. The first-order valence-electron chi connectivity index (χ1n) is 5.90. The van der Waals surface area contributed by atoms with Gasteiger partial charge in [0.15, 0.2) is 6.04 Å². The molecule has 1 heterocycles. The van der Waals surface area contributed by atoms with Crippen LogP contribution >= 0.6 is 15.9 Å². The molecule has 0 radical (unpaired) electrons. The Morgan fingerprint density at radius 3 is 3.00 bits per heavy atom. The minimum Gasteiger partial charge on any atom is -0.467 e. The van der Waals surface area contributed by atoms with Gasteiger partial charge in [-0.25, -0.2) is 4.79 Å². The highest BCUT2D eigenvalue weighted by Crippen LogP contribution is 2.33. The highest BCUT2D eigenvalue weighted by atomic mass is 79.9.